The molecule has 0 aromatic heterocycles. The fourth-order valence-corrected chi connectivity index (χ4v) is 2.08. The van der Waals surface area contributed by atoms with Gasteiger partial charge in [0, 0.05) is 19.1 Å². The monoisotopic (exact) mass is 256 g/mol. The minimum absolute atomic E-state index is 0.463. The van der Waals surface area contributed by atoms with Crippen molar-refractivity contribution in [2.24, 2.45) is 16.6 Å². The van der Waals surface area contributed by atoms with E-state index in [0.29, 0.717) is 17.9 Å². The second-order valence-electron chi connectivity index (χ2n) is 5.55. The van der Waals surface area contributed by atoms with Crippen LogP contribution in [0.1, 0.15) is 20.3 Å². The molecular weight excluding hydrogens is 228 g/mol. The highest BCUT2D eigenvalue weighted by molar-refractivity contribution is 5.78. The Kier molecular flexibility index (Phi) is 6.43. The smallest absolute Gasteiger partial charge is 0.191 e. The van der Waals surface area contributed by atoms with E-state index in [1.165, 1.54) is 0 Å². The first-order chi connectivity index (χ1) is 8.50. The molecule has 1 rings (SSSR count). The standard InChI is InChI=1S/C13H28N4O/c1-11(2)9-12(16(3)4)10-15-13(14)17-5-7-18-8-6-17/h11-12H,5-10H2,1-4H3,(H2,14,15). The molecule has 5 heteroatoms. The molecule has 0 amide bonds. The van der Waals surface area contributed by atoms with Crippen LogP contribution in [-0.4, -0.2) is 68.7 Å². The third-order valence-electron chi connectivity index (χ3n) is 3.27. The Balaban J connectivity index is 2.47. The summed E-state index contributed by atoms with van der Waals surface area (Å²) in [6.45, 7) is 8.46. The van der Waals surface area contributed by atoms with Gasteiger partial charge in [0.2, 0.25) is 0 Å². The number of hydrogen-bond donors (Lipinski definition) is 1. The maximum Gasteiger partial charge on any atom is 0.191 e. The molecule has 0 saturated carbocycles. The van der Waals surface area contributed by atoms with Crippen molar-refractivity contribution in [3.63, 3.8) is 0 Å². The molecule has 1 saturated heterocycles. The van der Waals surface area contributed by atoms with E-state index in [4.69, 9.17) is 10.5 Å². The van der Waals surface area contributed by atoms with Crippen molar-refractivity contribution in [2.45, 2.75) is 26.3 Å². The number of aliphatic imine (C=N–C) groups is 1. The summed E-state index contributed by atoms with van der Waals surface area (Å²) < 4.78 is 5.31. The Hall–Kier alpha value is -0.810. The van der Waals surface area contributed by atoms with Gasteiger partial charge in [-0.15, -0.1) is 0 Å². The van der Waals surface area contributed by atoms with Crippen molar-refractivity contribution < 1.29 is 4.74 Å². The average Bonchev–Trinajstić information content (AvgIpc) is 2.34. The van der Waals surface area contributed by atoms with Crippen LogP contribution in [0, 0.1) is 5.92 Å². The minimum atomic E-state index is 0.463. The topological polar surface area (TPSA) is 54.1 Å². The fraction of sp³-hybridized carbons (Fsp3) is 0.923. The second-order valence-corrected chi connectivity index (χ2v) is 5.55. The van der Waals surface area contributed by atoms with Crippen LogP contribution in [0.2, 0.25) is 0 Å². The molecule has 106 valence electrons. The molecule has 1 heterocycles. The van der Waals surface area contributed by atoms with E-state index in [1.54, 1.807) is 0 Å². The molecule has 1 atom stereocenters. The first kappa shape index (κ1) is 15.2. The minimum Gasteiger partial charge on any atom is -0.378 e. The quantitative estimate of drug-likeness (QED) is 0.578. The van der Waals surface area contributed by atoms with E-state index >= 15 is 0 Å². The van der Waals surface area contributed by atoms with Crippen LogP contribution in [0.5, 0.6) is 0 Å². The molecule has 0 radical (unpaired) electrons. The molecule has 0 aromatic rings. The lowest BCUT2D eigenvalue weighted by atomic mass is 10.0. The zero-order chi connectivity index (χ0) is 13.5. The van der Waals surface area contributed by atoms with E-state index in [0.717, 1.165) is 39.3 Å². The Labute approximate surface area is 111 Å². The SMILES string of the molecule is CC(C)CC(CN=C(N)N1CCOCC1)N(C)C. The maximum atomic E-state index is 6.03. The first-order valence-corrected chi connectivity index (χ1v) is 6.79. The zero-order valence-electron chi connectivity index (χ0n) is 12.2. The lowest BCUT2D eigenvalue weighted by Crippen LogP contribution is -2.45. The van der Waals surface area contributed by atoms with Crippen LogP contribution in [-0.2, 0) is 4.74 Å². The predicted molar refractivity (Wildman–Crippen MR) is 75.8 cm³/mol. The Morgan fingerprint density at radius 3 is 2.44 bits per heavy atom. The van der Waals surface area contributed by atoms with Crippen LogP contribution >= 0.6 is 0 Å². The summed E-state index contributed by atoms with van der Waals surface area (Å²) >= 11 is 0. The van der Waals surface area contributed by atoms with Crippen molar-refractivity contribution in [3.05, 3.63) is 0 Å². The summed E-state index contributed by atoms with van der Waals surface area (Å²) in [6.07, 6.45) is 1.15. The van der Waals surface area contributed by atoms with Crippen molar-refractivity contribution >= 4 is 5.96 Å². The number of nitrogens with zero attached hydrogens (tertiary/aromatic N) is 3. The zero-order valence-corrected chi connectivity index (χ0v) is 12.2. The van der Waals surface area contributed by atoms with Gasteiger partial charge in [-0.05, 0) is 26.4 Å². The van der Waals surface area contributed by atoms with Gasteiger partial charge in [-0.25, -0.2) is 0 Å². The fourth-order valence-electron chi connectivity index (χ4n) is 2.08. The van der Waals surface area contributed by atoms with Gasteiger partial charge in [0.25, 0.3) is 0 Å². The third kappa shape index (κ3) is 5.23. The van der Waals surface area contributed by atoms with Gasteiger partial charge < -0.3 is 20.3 Å². The van der Waals surface area contributed by atoms with E-state index in [1.807, 2.05) is 0 Å². The Morgan fingerprint density at radius 2 is 1.94 bits per heavy atom. The van der Waals surface area contributed by atoms with Gasteiger partial charge >= 0.3 is 0 Å². The molecule has 1 aliphatic rings. The highest BCUT2D eigenvalue weighted by Crippen LogP contribution is 2.09. The lowest BCUT2D eigenvalue weighted by Gasteiger charge is -2.29. The molecule has 0 aromatic carbocycles. The van der Waals surface area contributed by atoms with Crippen molar-refractivity contribution in [2.75, 3.05) is 46.9 Å². The predicted octanol–water partition coefficient (Wildman–Crippen LogP) is 0.610. The molecule has 2 N–H and O–H groups in total. The molecule has 1 aliphatic heterocycles. The average molecular weight is 256 g/mol. The van der Waals surface area contributed by atoms with E-state index in [-0.39, 0.29) is 0 Å². The number of rotatable bonds is 5. The molecule has 0 bridgehead atoms. The van der Waals surface area contributed by atoms with Crippen LogP contribution in [0.4, 0.5) is 0 Å². The number of ether oxygens (including phenoxy) is 1. The lowest BCUT2D eigenvalue weighted by molar-refractivity contribution is 0.0673. The normalized spacial score (nSPS) is 19.7. The summed E-state index contributed by atoms with van der Waals surface area (Å²) in [4.78, 5) is 8.88. The van der Waals surface area contributed by atoms with Gasteiger partial charge in [0.05, 0.1) is 19.8 Å². The van der Waals surface area contributed by atoms with Gasteiger partial charge in [-0.2, -0.15) is 0 Å². The molecule has 18 heavy (non-hydrogen) atoms. The van der Waals surface area contributed by atoms with E-state index in [9.17, 15) is 0 Å². The van der Waals surface area contributed by atoms with Gasteiger partial charge in [-0.1, -0.05) is 13.8 Å². The number of morpholine rings is 1. The second kappa shape index (κ2) is 7.59. The van der Waals surface area contributed by atoms with Crippen LogP contribution in [0.15, 0.2) is 4.99 Å². The first-order valence-electron chi connectivity index (χ1n) is 6.79. The van der Waals surface area contributed by atoms with Crippen molar-refractivity contribution in [1.29, 1.82) is 0 Å². The third-order valence-corrected chi connectivity index (χ3v) is 3.27. The number of nitrogens with two attached hydrogens (primary N) is 1. The molecule has 0 aliphatic carbocycles. The largest absolute Gasteiger partial charge is 0.378 e. The molecule has 0 spiro atoms. The maximum absolute atomic E-state index is 6.03. The van der Waals surface area contributed by atoms with Crippen molar-refractivity contribution in [1.82, 2.24) is 9.80 Å². The Morgan fingerprint density at radius 1 is 1.33 bits per heavy atom. The molecule has 1 unspecified atom stereocenters. The van der Waals surface area contributed by atoms with Crippen molar-refractivity contribution in [3.8, 4) is 0 Å². The van der Waals surface area contributed by atoms with E-state index < -0.39 is 0 Å². The Bertz CT molecular complexity index is 260. The molecule has 1 fully saturated rings. The molecular formula is C13H28N4O. The van der Waals surface area contributed by atoms with Crippen LogP contribution < -0.4 is 5.73 Å². The summed E-state index contributed by atoms with van der Waals surface area (Å²) in [5.74, 6) is 1.34. The number of hydrogen-bond acceptors (Lipinski definition) is 3. The summed E-state index contributed by atoms with van der Waals surface area (Å²) in [7, 11) is 4.21. The molecule has 5 nitrogen and oxygen atoms in total. The van der Waals surface area contributed by atoms with Gasteiger partial charge in [0.15, 0.2) is 5.96 Å². The number of guanidine groups is 1. The number of likely N-dealkylation sites (N-methyl/N-ethyl adjacent to an activating group) is 1. The highest BCUT2D eigenvalue weighted by Gasteiger charge is 2.15. The highest BCUT2D eigenvalue weighted by atomic mass is 16.5. The van der Waals surface area contributed by atoms with Gasteiger partial charge in [0.1, 0.15) is 0 Å². The van der Waals surface area contributed by atoms with Crippen LogP contribution in [0.25, 0.3) is 0 Å². The summed E-state index contributed by atoms with van der Waals surface area (Å²) in [5, 5.41) is 0. The van der Waals surface area contributed by atoms with Crippen LogP contribution in [0.3, 0.4) is 0 Å². The summed E-state index contributed by atoms with van der Waals surface area (Å²) in [6, 6.07) is 0.463. The van der Waals surface area contributed by atoms with E-state index in [2.05, 4.69) is 42.7 Å². The van der Waals surface area contributed by atoms with Gasteiger partial charge in [-0.3, -0.25) is 4.99 Å². The summed E-state index contributed by atoms with van der Waals surface area (Å²) in [5.41, 5.74) is 6.03.